The Labute approximate surface area is 104 Å². The molecule has 0 unspecified atom stereocenters. The van der Waals surface area contributed by atoms with Gasteiger partial charge >= 0.3 is 0 Å². The van der Waals surface area contributed by atoms with E-state index < -0.39 is 10.0 Å². The van der Waals surface area contributed by atoms with Gasteiger partial charge < -0.3 is 5.73 Å². The van der Waals surface area contributed by atoms with Crippen molar-refractivity contribution in [3.8, 4) is 0 Å². The second kappa shape index (κ2) is 4.38. The van der Waals surface area contributed by atoms with E-state index in [9.17, 15) is 8.42 Å². The van der Waals surface area contributed by atoms with Crippen molar-refractivity contribution in [1.29, 1.82) is 0 Å². The maximum atomic E-state index is 11.9. The molecule has 0 amide bonds. The summed E-state index contributed by atoms with van der Waals surface area (Å²) in [4.78, 5) is 0. The third-order valence-electron chi connectivity index (χ3n) is 2.13. The molecule has 1 aromatic heterocycles. The standard InChI is InChI=1S/C10H10ClN3O2S/c11-9-3-1-8(2-4-9)7-17(15,16)14-6-5-10(12)13-14/h1-6H,7H2,(H2,12,13). The van der Waals surface area contributed by atoms with E-state index in [1.54, 1.807) is 24.3 Å². The zero-order valence-electron chi connectivity index (χ0n) is 8.75. The Morgan fingerprint density at radius 2 is 1.88 bits per heavy atom. The summed E-state index contributed by atoms with van der Waals surface area (Å²) in [6.45, 7) is 0. The van der Waals surface area contributed by atoms with Crippen LogP contribution in [0, 0.1) is 0 Å². The Kier molecular flexibility index (Phi) is 3.08. The molecule has 0 aliphatic carbocycles. The molecule has 0 saturated carbocycles. The van der Waals surface area contributed by atoms with Gasteiger partial charge in [0.2, 0.25) is 0 Å². The van der Waals surface area contributed by atoms with Crippen LogP contribution in [0.15, 0.2) is 36.5 Å². The van der Waals surface area contributed by atoms with Crippen LogP contribution in [0.4, 0.5) is 5.82 Å². The van der Waals surface area contributed by atoms with E-state index in [1.165, 1.54) is 12.3 Å². The van der Waals surface area contributed by atoms with Gasteiger partial charge in [-0.25, -0.2) is 8.42 Å². The van der Waals surface area contributed by atoms with Crippen molar-refractivity contribution < 1.29 is 8.42 Å². The second-order valence-corrected chi connectivity index (χ2v) is 5.76. The average Bonchev–Trinajstić information content (AvgIpc) is 2.69. The molecule has 0 fully saturated rings. The fourth-order valence-corrected chi connectivity index (χ4v) is 2.67. The van der Waals surface area contributed by atoms with E-state index in [1.807, 2.05) is 0 Å². The minimum absolute atomic E-state index is 0.148. The van der Waals surface area contributed by atoms with Gasteiger partial charge in [-0.2, -0.15) is 4.09 Å². The summed E-state index contributed by atoms with van der Waals surface area (Å²) in [7, 11) is -3.52. The van der Waals surface area contributed by atoms with Crippen LogP contribution in [0.3, 0.4) is 0 Å². The van der Waals surface area contributed by atoms with Crippen LogP contribution >= 0.6 is 11.6 Å². The first-order valence-electron chi connectivity index (χ1n) is 4.76. The highest BCUT2D eigenvalue weighted by molar-refractivity contribution is 7.89. The van der Waals surface area contributed by atoms with Crippen molar-refractivity contribution in [2.24, 2.45) is 0 Å². The molecular weight excluding hydrogens is 262 g/mol. The lowest BCUT2D eigenvalue weighted by atomic mass is 10.2. The van der Waals surface area contributed by atoms with E-state index in [0.717, 1.165) is 4.09 Å². The molecule has 0 bridgehead atoms. The lowest BCUT2D eigenvalue weighted by molar-refractivity contribution is 0.579. The number of aromatic nitrogens is 2. The first-order valence-corrected chi connectivity index (χ1v) is 6.75. The van der Waals surface area contributed by atoms with E-state index in [-0.39, 0.29) is 11.6 Å². The molecule has 0 spiro atoms. The lowest BCUT2D eigenvalue weighted by Gasteiger charge is -2.04. The fraction of sp³-hybridized carbons (Fsp3) is 0.100. The molecule has 0 atom stereocenters. The Hall–Kier alpha value is -1.53. The minimum Gasteiger partial charge on any atom is -0.382 e. The summed E-state index contributed by atoms with van der Waals surface area (Å²) >= 11 is 5.72. The number of hydrogen-bond acceptors (Lipinski definition) is 4. The van der Waals surface area contributed by atoms with E-state index in [2.05, 4.69) is 5.10 Å². The quantitative estimate of drug-likeness (QED) is 0.918. The van der Waals surface area contributed by atoms with E-state index >= 15 is 0 Å². The van der Waals surface area contributed by atoms with Crippen LogP contribution in [-0.4, -0.2) is 17.6 Å². The van der Waals surface area contributed by atoms with E-state index in [4.69, 9.17) is 17.3 Å². The lowest BCUT2D eigenvalue weighted by Crippen LogP contribution is -2.15. The first kappa shape index (κ1) is 11.9. The number of nitrogen functional groups attached to an aromatic ring is 1. The zero-order valence-corrected chi connectivity index (χ0v) is 10.3. The number of halogens is 1. The predicted molar refractivity (Wildman–Crippen MR) is 66.1 cm³/mol. The molecular formula is C10H10ClN3O2S. The van der Waals surface area contributed by atoms with Crippen LogP contribution < -0.4 is 5.73 Å². The third-order valence-corrected chi connectivity index (χ3v) is 3.86. The van der Waals surface area contributed by atoms with Gasteiger partial charge in [0.25, 0.3) is 10.0 Å². The molecule has 5 nitrogen and oxygen atoms in total. The van der Waals surface area contributed by atoms with Crippen molar-refractivity contribution in [2.75, 3.05) is 5.73 Å². The Morgan fingerprint density at radius 1 is 1.24 bits per heavy atom. The van der Waals surface area contributed by atoms with Gasteiger partial charge in [0, 0.05) is 17.3 Å². The van der Waals surface area contributed by atoms with Gasteiger partial charge in [-0.3, -0.25) is 0 Å². The summed E-state index contributed by atoms with van der Waals surface area (Å²) in [6, 6.07) is 8.03. The highest BCUT2D eigenvalue weighted by Gasteiger charge is 2.15. The summed E-state index contributed by atoms with van der Waals surface area (Å²) in [6.07, 6.45) is 1.32. The number of benzene rings is 1. The van der Waals surface area contributed by atoms with Gasteiger partial charge in [0.05, 0.1) is 5.75 Å². The van der Waals surface area contributed by atoms with E-state index in [0.29, 0.717) is 10.6 Å². The Bertz CT molecular complexity index is 619. The van der Waals surface area contributed by atoms with Crippen LogP contribution in [0.5, 0.6) is 0 Å². The van der Waals surface area contributed by atoms with Crippen LogP contribution in [0.1, 0.15) is 5.56 Å². The smallest absolute Gasteiger partial charge is 0.258 e. The number of nitrogens with zero attached hydrogens (tertiary/aromatic N) is 2. The van der Waals surface area contributed by atoms with Crippen LogP contribution in [0.2, 0.25) is 5.02 Å². The molecule has 0 aliphatic rings. The monoisotopic (exact) mass is 271 g/mol. The average molecular weight is 272 g/mol. The van der Waals surface area contributed by atoms with Gasteiger partial charge in [0.1, 0.15) is 5.82 Å². The Morgan fingerprint density at radius 3 is 2.41 bits per heavy atom. The van der Waals surface area contributed by atoms with Gasteiger partial charge in [-0.05, 0) is 17.7 Å². The SMILES string of the molecule is Nc1ccn(S(=O)(=O)Cc2ccc(Cl)cc2)n1. The summed E-state index contributed by atoms with van der Waals surface area (Å²) in [5.41, 5.74) is 6.02. The minimum atomic E-state index is -3.52. The molecule has 1 heterocycles. The molecule has 90 valence electrons. The van der Waals surface area contributed by atoms with Gasteiger partial charge in [-0.1, -0.05) is 23.7 Å². The third kappa shape index (κ3) is 2.78. The molecule has 2 aromatic rings. The molecule has 2 N–H and O–H groups in total. The van der Waals surface area contributed by atoms with Crippen LogP contribution in [-0.2, 0) is 15.8 Å². The summed E-state index contributed by atoms with van der Waals surface area (Å²) in [5, 5.41) is 4.24. The largest absolute Gasteiger partial charge is 0.382 e. The molecule has 2 rings (SSSR count). The molecule has 0 aliphatic heterocycles. The molecule has 0 radical (unpaired) electrons. The number of anilines is 1. The fourth-order valence-electron chi connectivity index (χ4n) is 1.33. The normalized spacial score (nSPS) is 11.6. The Balaban J connectivity index is 2.26. The number of hydrogen-bond donors (Lipinski definition) is 1. The summed E-state index contributed by atoms with van der Waals surface area (Å²) < 4.78 is 24.7. The van der Waals surface area contributed by atoms with Crippen molar-refractivity contribution in [3.63, 3.8) is 0 Å². The summed E-state index contributed by atoms with van der Waals surface area (Å²) in [5.74, 6) is 0.0235. The van der Waals surface area contributed by atoms with Gasteiger partial charge in [-0.15, -0.1) is 5.10 Å². The van der Waals surface area contributed by atoms with Crippen molar-refractivity contribution in [3.05, 3.63) is 47.1 Å². The molecule has 7 heteroatoms. The first-order chi connectivity index (χ1) is 7.97. The molecule has 1 aromatic carbocycles. The number of rotatable bonds is 3. The maximum absolute atomic E-state index is 11.9. The predicted octanol–water partition coefficient (Wildman–Crippen LogP) is 1.50. The molecule has 17 heavy (non-hydrogen) atoms. The van der Waals surface area contributed by atoms with Crippen molar-refractivity contribution >= 4 is 27.4 Å². The van der Waals surface area contributed by atoms with Crippen molar-refractivity contribution in [1.82, 2.24) is 9.19 Å². The van der Waals surface area contributed by atoms with Crippen LogP contribution in [0.25, 0.3) is 0 Å². The highest BCUT2D eigenvalue weighted by Crippen LogP contribution is 2.13. The molecule has 0 saturated heterocycles. The highest BCUT2D eigenvalue weighted by atomic mass is 35.5. The maximum Gasteiger partial charge on any atom is 0.258 e. The second-order valence-electron chi connectivity index (χ2n) is 3.50. The zero-order chi connectivity index (χ0) is 12.5. The van der Waals surface area contributed by atoms with Gasteiger partial charge in [0.15, 0.2) is 0 Å². The topological polar surface area (TPSA) is 78.0 Å². The number of nitrogens with two attached hydrogens (primary N) is 1. The van der Waals surface area contributed by atoms with Crippen molar-refractivity contribution in [2.45, 2.75) is 5.75 Å².